The molecular weight excluding hydrogens is 232 g/mol. The molecule has 0 saturated heterocycles. The van der Waals surface area contributed by atoms with Crippen molar-refractivity contribution in [2.45, 2.75) is 58.5 Å². The number of amides is 2. The van der Waals surface area contributed by atoms with Gasteiger partial charge in [-0.05, 0) is 37.5 Å². The van der Waals surface area contributed by atoms with Crippen LogP contribution in [0.3, 0.4) is 0 Å². The minimum atomic E-state index is -0.973. The first-order valence-corrected chi connectivity index (χ1v) is 6.68. The second-order valence-electron chi connectivity index (χ2n) is 5.75. The van der Waals surface area contributed by atoms with E-state index in [4.69, 9.17) is 5.11 Å². The molecule has 104 valence electrons. The molecule has 5 nitrogen and oxygen atoms in total. The second-order valence-corrected chi connectivity index (χ2v) is 5.75. The van der Waals surface area contributed by atoms with Crippen LogP contribution >= 0.6 is 0 Å². The maximum absolute atomic E-state index is 11.7. The van der Waals surface area contributed by atoms with E-state index in [2.05, 4.69) is 17.6 Å². The zero-order valence-corrected chi connectivity index (χ0v) is 11.4. The van der Waals surface area contributed by atoms with E-state index >= 15 is 0 Å². The van der Waals surface area contributed by atoms with E-state index in [0.717, 1.165) is 19.3 Å². The van der Waals surface area contributed by atoms with E-state index in [9.17, 15) is 9.59 Å². The van der Waals surface area contributed by atoms with Gasteiger partial charge in [0.25, 0.3) is 0 Å². The van der Waals surface area contributed by atoms with Gasteiger partial charge in [0, 0.05) is 6.04 Å². The third-order valence-electron chi connectivity index (χ3n) is 3.34. The molecular formula is C13H24N2O3. The van der Waals surface area contributed by atoms with E-state index < -0.39 is 12.0 Å². The first-order valence-electron chi connectivity index (χ1n) is 6.68. The van der Waals surface area contributed by atoms with Crippen LogP contribution in [0.1, 0.15) is 46.5 Å². The quantitative estimate of drug-likeness (QED) is 0.703. The van der Waals surface area contributed by atoms with Gasteiger partial charge >= 0.3 is 12.0 Å². The lowest BCUT2D eigenvalue weighted by Crippen LogP contribution is -2.49. The SMILES string of the molecule is CC(C)CC(NC(=O)NC1CCC(C)C1)C(=O)O. The summed E-state index contributed by atoms with van der Waals surface area (Å²) in [5.41, 5.74) is 0. The van der Waals surface area contributed by atoms with Gasteiger partial charge in [-0.1, -0.05) is 20.8 Å². The van der Waals surface area contributed by atoms with E-state index in [1.54, 1.807) is 0 Å². The van der Waals surface area contributed by atoms with Crippen LogP contribution in [-0.2, 0) is 4.79 Å². The van der Waals surface area contributed by atoms with Gasteiger partial charge in [0.15, 0.2) is 0 Å². The Labute approximate surface area is 108 Å². The number of carbonyl (C=O) groups is 2. The van der Waals surface area contributed by atoms with Crippen LogP contribution in [0.25, 0.3) is 0 Å². The van der Waals surface area contributed by atoms with Gasteiger partial charge in [-0.2, -0.15) is 0 Å². The Balaban J connectivity index is 2.39. The summed E-state index contributed by atoms with van der Waals surface area (Å²) >= 11 is 0. The molecule has 2 amide bonds. The van der Waals surface area contributed by atoms with Crippen molar-refractivity contribution in [2.24, 2.45) is 11.8 Å². The Hall–Kier alpha value is -1.26. The molecule has 1 aliphatic carbocycles. The number of hydrogen-bond donors (Lipinski definition) is 3. The first-order chi connectivity index (χ1) is 8.38. The summed E-state index contributed by atoms with van der Waals surface area (Å²) in [7, 11) is 0. The monoisotopic (exact) mass is 256 g/mol. The third kappa shape index (κ3) is 4.94. The van der Waals surface area contributed by atoms with Crippen molar-refractivity contribution in [1.29, 1.82) is 0 Å². The molecule has 0 aliphatic heterocycles. The second kappa shape index (κ2) is 6.61. The highest BCUT2D eigenvalue weighted by Crippen LogP contribution is 2.24. The fourth-order valence-electron chi connectivity index (χ4n) is 2.42. The van der Waals surface area contributed by atoms with E-state index in [0.29, 0.717) is 12.3 Å². The summed E-state index contributed by atoms with van der Waals surface area (Å²) < 4.78 is 0. The Morgan fingerprint density at radius 1 is 1.33 bits per heavy atom. The third-order valence-corrected chi connectivity index (χ3v) is 3.34. The molecule has 0 heterocycles. The fraction of sp³-hybridized carbons (Fsp3) is 0.846. The highest BCUT2D eigenvalue weighted by molar-refractivity contribution is 5.82. The summed E-state index contributed by atoms with van der Waals surface area (Å²) in [5, 5.41) is 14.4. The number of carboxylic acids is 1. The van der Waals surface area contributed by atoms with Gasteiger partial charge in [0.2, 0.25) is 0 Å². The molecule has 0 aromatic carbocycles. The van der Waals surface area contributed by atoms with Crippen LogP contribution in [0.2, 0.25) is 0 Å². The van der Waals surface area contributed by atoms with Gasteiger partial charge in [-0.15, -0.1) is 0 Å². The van der Waals surface area contributed by atoms with Crippen molar-refractivity contribution in [2.75, 3.05) is 0 Å². The lowest BCUT2D eigenvalue weighted by molar-refractivity contribution is -0.139. The van der Waals surface area contributed by atoms with Gasteiger partial charge in [0.1, 0.15) is 6.04 Å². The van der Waals surface area contributed by atoms with Crippen LogP contribution in [0, 0.1) is 11.8 Å². The number of nitrogens with one attached hydrogen (secondary N) is 2. The highest BCUT2D eigenvalue weighted by Gasteiger charge is 2.25. The Bertz CT molecular complexity index is 305. The minimum Gasteiger partial charge on any atom is -0.480 e. The Morgan fingerprint density at radius 3 is 2.44 bits per heavy atom. The van der Waals surface area contributed by atoms with Crippen LogP contribution in [0.4, 0.5) is 4.79 Å². The molecule has 18 heavy (non-hydrogen) atoms. The van der Waals surface area contributed by atoms with Crippen LogP contribution in [-0.4, -0.2) is 29.2 Å². The molecule has 1 rings (SSSR count). The van der Waals surface area contributed by atoms with Gasteiger partial charge in [0.05, 0.1) is 0 Å². The molecule has 0 bridgehead atoms. The standard InChI is InChI=1S/C13H24N2O3/c1-8(2)6-11(12(16)17)15-13(18)14-10-5-4-9(3)7-10/h8-11H,4-7H2,1-3H3,(H,16,17)(H2,14,15,18). The van der Waals surface area contributed by atoms with Crippen molar-refractivity contribution in [3.05, 3.63) is 0 Å². The summed E-state index contributed by atoms with van der Waals surface area (Å²) in [5.74, 6) is -0.0993. The molecule has 3 N–H and O–H groups in total. The molecule has 0 radical (unpaired) electrons. The fourth-order valence-corrected chi connectivity index (χ4v) is 2.42. The molecule has 3 unspecified atom stereocenters. The molecule has 1 fully saturated rings. The lowest BCUT2D eigenvalue weighted by Gasteiger charge is -2.19. The van der Waals surface area contributed by atoms with Crippen molar-refractivity contribution < 1.29 is 14.7 Å². The number of carbonyl (C=O) groups excluding carboxylic acids is 1. The molecule has 1 aliphatic rings. The molecule has 3 atom stereocenters. The van der Waals surface area contributed by atoms with Crippen molar-refractivity contribution in [3.8, 4) is 0 Å². The Kier molecular flexibility index (Phi) is 5.44. The molecule has 5 heteroatoms. The topological polar surface area (TPSA) is 78.4 Å². The van der Waals surface area contributed by atoms with E-state index in [1.165, 1.54) is 0 Å². The predicted molar refractivity (Wildman–Crippen MR) is 69.3 cm³/mol. The average molecular weight is 256 g/mol. The summed E-state index contributed by atoms with van der Waals surface area (Å²) in [6.07, 6.45) is 3.54. The first kappa shape index (κ1) is 14.8. The average Bonchev–Trinajstić information content (AvgIpc) is 2.62. The number of urea groups is 1. The van der Waals surface area contributed by atoms with Crippen molar-refractivity contribution >= 4 is 12.0 Å². The summed E-state index contributed by atoms with van der Waals surface area (Å²) in [6, 6.07) is -0.973. The van der Waals surface area contributed by atoms with Gasteiger partial charge in [-0.25, -0.2) is 9.59 Å². The van der Waals surface area contributed by atoms with Gasteiger partial charge < -0.3 is 15.7 Å². The number of carboxylic acid groups (broad SMARTS) is 1. The zero-order chi connectivity index (χ0) is 13.7. The highest BCUT2D eigenvalue weighted by atomic mass is 16.4. The maximum Gasteiger partial charge on any atom is 0.326 e. The predicted octanol–water partition coefficient (Wildman–Crippen LogP) is 1.97. The van der Waals surface area contributed by atoms with Crippen LogP contribution in [0.5, 0.6) is 0 Å². The van der Waals surface area contributed by atoms with Crippen LogP contribution < -0.4 is 10.6 Å². The maximum atomic E-state index is 11.7. The normalized spacial score (nSPS) is 24.9. The smallest absolute Gasteiger partial charge is 0.326 e. The van der Waals surface area contributed by atoms with Gasteiger partial charge in [-0.3, -0.25) is 0 Å². The minimum absolute atomic E-state index is 0.188. The van der Waals surface area contributed by atoms with Crippen LogP contribution in [0.15, 0.2) is 0 Å². The molecule has 1 saturated carbocycles. The largest absolute Gasteiger partial charge is 0.480 e. The summed E-state index contributed by atoms with van der Waals surface area (Å²) in [4.78, 5) is 22.7. The molecule has 0 spiro atoms. The lowest BCUT2D eigenvalue weighted by atomic mass is 10.0. The number of hydrogen-bond acceptors (Lipinski definition) is 2. The van der Waals surface area contributed by atoms with E-state index in [-0.39, 0.29) is 18.0 Å². The molecule has 0 aromatic rings. The van der Waals surface area contributed by atoms with Crippen molar-refractivity contribution in [3.63, 3.8) is 0 Å². The Morgan fingerprint density at radius 2 is 2.00 bits per heavy atom. The number of rotatable bonds is 5. The summed E-state index contributed by atoms with van der Waals surface area (Å²) in [6.45, 7) is 6.04. The molecule has 0 aromatic heterocycles. The van der Waals surface area contributed by atoms with Crippen molar-refractivity contribution in [1.82, 2.24) is 10.6 Å². The zero-order valence-electron chi connectivity index (χ0n) is 11.4. The van der Waals surface area contributed by atoms with E-state index in [1.807, 2.05) is 13.8 Å². The number of aliphatic carboxylic acids is 1.